The quantitative estimate of drug-likeness (QED) is 0.844. The summed E-state index contributed by atoms with van der Waals surface area (Å²) in [7, 11) is 1.40. The molecular weight excluding hydrogens is 289 g/mol. The third kappa shape index (κ3) is 2.35. The molecule has 5 heteroatoms. The topological polar surface area (TPSA) is 42.1 Å². The van der Waals surface area contributed by atoms with E-state index in [1.807, 2.05) is 13.8 Å². The smallest absolute Gasteiger partial charge is 0.334 e. The van der Waals surface area contributed by atoms with Crippen LogP contribution < -0.4 is 0 Å². The number of aryl methyl sites for hydroxylation is 1. The van der Waals surface area contributed by atoms with Crippen molar-refractivity contribution >= 4 is 28.6 Å². The molecule has 1 aromatic carbocycles. The number of methoxy groups -OCH3 is 1. The molecule has 1 aliphatic heterocycles. The lowest BCUT2D eigenvalue weighted by Gasteiger charge is -2.10. The lowest BCUT2D eigenvalue weighted by atomic mass is 10.0. The number of rotatable bonds is 2. The first-order valence-electron chi connectivity index (χ1n) is 6.73. The van der Waals surface area contributed by atoms with Crippen molar-refractivity contribution in [2.24, 2.45) is 0 Å². The molecule has 3 rings (SSSR count). The second-order valence-corrected chi connectivity index (χ2v) is 6.61. The average Bonchev–Trinajstić information content (AvgIpc) is 2.97. The minimum Gasteiger partial charge on any atom is -0.466 e. The Bertz CT molecular complexity index is 763. The Kier molecular flexibility index (Phi) is 3.53. The molecule has 1 aliphatic rings. The summed E-state index contributed by atoms with van der Waals surface area (Å²) in [5.41, 5.74) is 3.74. The Hall–Kier alpha value is -1.75. The first-order chi connectivity index (χ1) is 10.0. The van der Waals surface area contributed by atoms with Crippen LogP contribution in [0.5, 0.6) is 0 Å². The van der Waals surface area contributed by atoms with Gasteiger partial charge in [-0.25, -0.2) is 9.18 Å². The van der Waals surface area contributed by atoms with Gasteiger partial charge in [0.05, 0.1) is 7.11 Å². The number of carbonyl (C=O) groups excluding carboxylic acids is 1. The van der Waals surface area contributed by atoms with Gasteiger partial charge in [-0.3, -0.25) is 0 Å². The van der Waals surface area contributed by atoms with Crippen molar-refractivity contribution in [1.29, 1.82) is 0 Å². The molecule has 0 aliphatic carbocycles. The lowest BCUT2D eigenvalue weighted by molar-refractivity contribution is -0.136. The van der Waals surface area contributed by atoms with Crippen LogP contribution in [0.1, 0.15) is 29.9 Å². The van der Waals surface area contributed by atoms with Gasteiger partial charge in [-0.15, -0.1) is 11.8 Å². The van der Waals surface area contributed by atoms with Crippen LogP contribution >= 0.6 is 11.8 Å². The normalized spacial score (nSPS) is 18.6. The van der Waals surface area contributed by atoms with E-state index in [1.54, 1.807) is 23.9 Å². The summed E-state index contributed by atoms with van der Waals surface area (Å²) in [5, 5.41) is 1.01. The predicted octanol–water partition coefficient (Wildman–Crippen LogP) is 4.24. The summed E-state index contributed by atoms with van der Waals surface area (Å²) < 4.78 is 18.4. The van der Waals surface area contributed by atoms with Crippen LogP contribution in [-0.2, 0) is 9.53 Å². The van der Waals surface area contributed by atoms with Crippen molar-refractivity contribution in [3.05, 3.63) is 45.8 Å². The molecular formula is C16H16FNO2S. The van der Waals surface area contributed by atoms with Crippen molar-refractivity contribution in [2.75, 3.05) is 7.11 Å². The van der Waals surface area contributed by atoms with E-state index < -0.39 is 0 Å². The number of aromatic nitrogens is 1. The lowest BCUT2D eigenvalue weighted by Crippen LogP contribution is -2.05. The summed E-state index contributed by atoms with van der Waals surface area (Å²) in [6.07, 6.45) is 0.619. The van der Waals surface area contributed by atoms with E-state index in [1.165, 1.54) is 13.2 Å². The van der Waals surface area contributed by atoms with Gasteiger partial charge in [0.1, 0.15) is 5.82 Å². The molecule has 3 nitrogen and oxygen atoms in total. The van der Waals surface area contributed by atoms with Crippen LogP contribution in [0, 0.1) is 12.7 Å². The zero-order chi connectivity index (χ0) is 15.1. The molecule has 0 spiro atoms. The Morgan fingerprint density at radius 2 is 2.19 bits per heavy atom. The summed E-state index contributed by atoms with van der Waals surface area (Å²) >= 11 is 1.65. The molecule has 0 saturated heterocycles. The standard InChI is InChI=1S/C16H16FNO2S/c1-8-15(12-6-10(17)4-5-13(12)18-8)14-7-11(9(2)21-14)16(19)20-3/h4-6,14,18H,7H2,1-3H3. The zero-order valence-corrected chi connectivity index (χ0v) is 12.9. The number of thioether (sulfide) groups is 1. The number of ether oxygens (including phenoxy) is 1. The van der Waals surface area contributed by atoms with Crippen LogP contribution in [0.4, 0.5) is 4.39 Å². The fourth-order valence-corrected chi connectivity index (χ4v) is 4.31. The van der Waals surface area contributed by atoms with E-state index in [0.717, 1.165) is 32.6 Å². The summed E-state index contributed by atoms with van der Waals surface area (Å²) in [5.74, 6) is -0.519. The largest absolute Gasteiger partial charge is 0.466 e. The number of aromatic amines is 1. The van der Waals surface area contributed by atoms with Crippen LogP contribution in [0.3, 0.4) is 0 Å². The number of allylic oxidation sites excluding steroid dienone is 1. The van der Waals surface area contributed by atoms with E-state index in [9.17, 15) is 9.18 Å². The average molecular weight is 305 g/mol. The van der Waals surface area contributed by atoms with Gasteiger partial charge in [0.15, 0.2) is 0 Å². The first-order valence-corrected chi connectivity index (χ1v) is 7.61. The number of H-pyrrole nitrogens is 1. The van der Waals surface area contributed by atoms with Crippen molar-refractivity contribution in [3.8, 4) is 0 Å². The van der Waals surface area contributed by atoms with Gasteiger partial charge in [0.2, 0.25) is 0 Å². The third-order valence-corrected chi connectivity index (χ3v) is 5.17. The van der Waals surface area contributed by atoms with Crippen molar-refractivity contribution in [3.63, 3.8) is 0 Å². The minimum absolute atomic E-state index is 0.120. The van der Waals surface area contributed by atoms with Crippen LogP contribution in [0.15, 0.2) is 28.7 Å². The number of esters is 1. The van der Waals surface area contributed by atoms with Gasteiger partial charge in [0.25, 0.3) is 0 Å². The molecule has 0 amide bonds. The molecule has 21 heavy (non-hydrogen) atoms. The summed E-state index contributed by atoms with van der Waals surface area (Å²) in [6, 6.07) is 4.76. The van der Waals surface area contributed by atoms with Gasteiger partial charge in [-0.05, 0) is 48.9 Å². The predicted molar refractivity (Wildman–Crippen MR) is 82.7 cm³/mol. The molecule has 110 valence electrons. The number of hydrogen-bond donors (Lipinski definition) is 1. The maximum Gasteiger partial charge on any atom is 0.334 e. The fraction of sp³-hybridized carbons (Fsp3) is 0.312. The molecule has 1 N–H and O–H groups in total. The molecule has 0 fully saturated rings. The molecule has 2 heterocycles. The van der Waals surface area contributed by atoms with Crippen LogP contribution in [0.2, 0.25) is 0 Å². The number of hydrogen-bond acceptors (Lipinski definition) is 3. The molecule has 1 aromatic heterocycles. The van der Waals surface area contributed by atoms with Crippen molar-refractivity contribution in [2.45, 2.75) is 25.5 Å². The Balaban J connectivity index is 2.02. The molecule has 0 radical (unpaired) electrons. The fourth-order valence-electron chi connectivity index (χ4n) is 2.90. The van der Waals surface area contributed by atoms with Crippen LogP contribution in [-0.4, -0.2) is 18.1 Å². The van der Waals surface area contributed by atoms with Crippen molar-refractivity contribution in [1.82, 2.24) is 4.98 Å². The third-order valence-electron chi connectivity index (χ3n) is 3.89. The molecule has 0 bridgehead atoms. The summed E-state index contributed by atoms with van der Waals surface area (Å²) in [4.78, 5) is 16.1. The van der Waals surface area contributed by atoms with Gasteiger partial charge < -0.3 is 9.72 Å². The highest BCUT2D eigenvalue weighted by atomic mass is 32.2. The van der Waals surface area contributed by atoms with E-state index in [2.05, 4.69) is 4.98 Å². The van der Waals surface area contributed by atoms with E-state index >= 15 is 0 Å². The number of carbonyl (C=O) groups is 1. The monoisotopic (exact) mass is 305 g/mol. The summed E-state index contributed by atoms with van der Waals surface area (Å²) in [6.45, 7) is 3.92. The van der Waals surface area contributed by atoms with E-state index in [4.69, 9.17) is 4.74 Å². The highest BCUT2D eigenvalue weighted by Crippen LogP contribution is 2.50. The zero-order valence-electron chi connectivity index (χ0n) is 12.1. The molecule has 1 atom stereocenters. The van der Waals surface area contributed by atoms with E-state index in [0.29, 0.717) is 6.42 Å². The highest BCUT2D eigenvalue weighted by molar-refractivity contribution is 8.03. The Labute approximate surface area is 126 Å². The van der Waals surface area contributed by atoms with Crippen LogP contribution in [0.25, 0.3) is 10.9 Å². The van der Waals surface area contributed by atoms with Gasteiger partial charge in [0, 0.05) is 27.4 Å². The number of halogens is 1. The van der Waals surface area contributed by atoms with Gasteiger partial charge in [-0.1, -0.05) is 0 Å². The maximum atomic E-state index is 13.5. The SMILES string of the molecule is COC(=O)C1=C(C)SC(c2c(C)[nH]c3ccc(F)cc23)C1. The van der Waals surface area contributed by atoms with E-state index in [-0.39, 0.29) is 17.0 Å². The molecule has 2 aromatic rings. The minimum atomic E-state index is -0.272. The van der Waals surface area contributed by atoms with Crippen molar-refractivity contribution < 1.29 is 13.9 Å². The second kappa shape index (κ2) is 5.22. The number of benzene rings is 1. The number of nitrogens with one attached hydrogen (secondary N) is 1. The maximum absolute atomic E-state index is 13.5. The van der Waals surface area contributed by atoms with Gasteiger partial charge in [-0.2, -0.15) is 0 Å². The Morgan fingerprint density at radius 1 is 1.43 bits per heavy atom. The second-order valence-electron chi connectivity index (χ2n) is 5.19. The molecule has 0 saturated carbocycles. The molecule has 1 unspecified atom stereocenters. The number of fused-ring (bicyclic) bond motifs is 1. The van der Waals surface area contributed by atoms with Gasteiger partial charge >= 0.3 is 5.97 Å². The first kappa shape index (κ1) is 14.2. The highest BCUT2D eigenvalue weighted by Gasteiger charge is 2.31. The Morgan fingerprint density at radius 3 is 2.90 bits per heavy atom.